The maximum atomic E-state index is 14.2. The van der Waals surface area contributed by atoms with Crippen molar-refractivity contribution in [1.82, 2.24) is 25.2 Å². The molecule has 0 fully saturated rings. The largest absolute Gasteiger partial charge is 0.383 e. The fourth-order valence-electron chi connectivity index (χ4n) is 2.73. The molecule has 6 nitrogen and oxygen atoms in total. The van der Waals surface area contributed by atoms with Gasteiger partial charge in [0.2, 0.25) is 0 Å². The molecule has 0 spiro atoms. The van der Waals surface area contributed by atoms with Crippen molar-refractivity contribution in [2.24, 2.45) is 0 Å². The molecule has 2 heterocycles. The number of tetrazole rings is 1. The molecule has 0 aliphatic heterocycles. The molecular weight excluding hydrogens is 350 g/mol. The zero-order valence-electron chi connectivity index (χ0n) is 14.3. The Labute approximate surface area is 153 Å². The van der Waals surface area contributed by atoms with E-state index in [2.05, 4.69) is 20.5 Å². The van der Waals surface area contributed by atoms with Crippen molar-refractivity contribution >= 4 is 5.82 Å². The summed E-state index contributed by atoms with van der Waals surface area (Å²) in [6.07, 6.45) is 1.64. The lowest BCUT2D eigenvalue weighted by Crippen LogP contribution is -2.06. The van der Waals surface area contributed by atoms with Crippen LogP contribution in [0.15, 0.2) is 54.7 Å². The minimum absolute atomic E-state index is 0.116. The van der Waals surface area contributed by atoms with Gasteiger partial charge >= 0.3 is 0 Å². The molecule has 2 N–H and O–H groups in total. The molecule has 0 radical (unpaired) electrons. The second kappa shape index (κ2) is 6.56. The number of nitrogens with zero attached hydrogens (tertiary/aromatic N) is 5. The van der Waals surface area contributed by atoms with E-state index in [0.29, 0.717) is 5.56 Å². The van der Waals surface area contributed by atoms with E-state index in [1.54, 1.807) is 12.3 Å². The Kier molecular flexibility index (Phi) is 4.08. The van der Waals surface area contributed by atoms with Crippen LogP contribution in [0.5, 0.6) is 0 Å². The molecule has 0 bridgehead atoms. The van der Waals surface area contributed by atoms with E-state index in [0.717, 1.165) is 27.4 Å². The van der Waals surface area contributed by atoms with Crippen LogP contribution in [0, 0.1) is 18.6 Å². The maximum absolute atomic E-state index is 14.2. The number of hydrogen-bond acceptors (Lipinski definition) is 5. The van der Waals surface area contributed by atoms with Gasteiger partial charge in [-0.2, -0.15) is 4.68 Å². The Bertz CT molecular complexity index is 1120. The third kappa shape index (κ3) is 3.01. The van der Waals surface area contributed by atoms with Gasteiger partial charge in [0.05, 0.1) is 5.56 Å². The summed E-state index contributed by atoms with van der Waals surface area (Å²) in [7, 11) is 0. The monoisotopic (exact) mass is 364 g/mol. The van der Waals surface area contributed by atoms with Crippen LogP contribution in [0.3, 0.4) is 0 Å². The van der Waals surface area contributed by atoms with E-state index >= 15 is 0 Å². The Hall–Kier alpha value is -3.68. The summed E-state index contributed by atoms with van der Waals surface area (Å²) in [6.45, 7) is 2.00. The van der Waals surface area contributed by atoms with Gasteiger partial charge in [-0.1, -0.05) is 35.9 Å². The Morgan fingerprint density at radius 2 is 1.78 bits per heavy atom. The van der Waals surface area contributed by atoms with Gasteiger partial charge < -0.3 is 5.73 Å². The minimum Gasteiger partial charge on any atom is -0.383 e. The summed E-state index contributed by atoms with van der Waals surface area (Å²) in [5, 5.41) is 11.3. The third-order valence-electron chi connectivity index (χ3n) is 4.17. The fraction of sp³-hybridized carbons (Fsp3) is 0.0526. The molecule has 0 aliphatic carbocycles. The molecule has 0 saturated carbocycles. The highest BCUT2D eigenvalue weighted by molar-refractivity contribution is 5.76. The minimum atomic E-state index is -1.05. The zero-order valence-corrected chi connectivity index (χ0v) is 14.3. The zero-order chi connectivity index (χ0) is 19.0. The number of benzene rings is 2. The van der Waals surface area contributed by atoms with Gasteiger partial charge in [0.25, 0.3) is 0 Å². The Morgan fingerprint density at radius 3 is 2.56 bits per heavy atom. The number of aromatic nitrogens is 5. The van der Waals surface area contributed by atoms with Crippen molar-refractivity contribution in [3.8, 4) is 28.2 Å². The van der Waals surface area contributed by atoms with Gasteiger partial charge in [0.1, 0.15) is 11.5 Å². The van der Waals surface area contributed by atoms with Crippen LogP contribution in [0.1, 0.15) is 5.56 Å². The number of rotatable bonds is 3. The van der Waals surface area contributed by atoms with Crippen molar-refractivity contribution < 1.29 is 8.78 Å². The molecule has 2 aromatic heterocycles. The third-order valence-corrected chi connectivity index (χ3v) is 4.17. The van der Waals surface area contributed by atoms with Crippen LogP contribution < -0.4 is 5.73 Å². The average molecular weight is 364 g/mol. The topological polar surface area (TPSA) is 82.5 Å². The van der Waals surface area contributed by atoms with Crippen LogP contribution in [-0.4, -0.2) is 25.2 Å². The maximum Gasteiger partial charge on any atom is 0.190 e. The average Bonchev–Trinajstić information content (AvgIpc) is 3.14. The van der Waals surface area contributed by atoms with Crippen LogP contribution in [0.4, 0.5) is 14.6 Å². The summed E-state index contributed by atoms with van der Waals surface area (Å²) in [5.41, 5.74) is 9.18. The predicted octanol–water partition coefficient (Wildman–Crippen LogP) is 3.56. The lowest BCUT2D eigenvalue weighted by molar-refractivity contribution is 0.501. The molecular formula is C19H14F2N6. The van der Waals surface area contributed by atoms with Gasteiger partial charge in [-0.05, 0) is 41.1 Å². The fourth-order valence-corrected chi connectivity index (χ4v) is 2.73. The van der Waals surface area contributed by atoms with Crippen molar-refractivity contribution in [3.63, 3.8) is 0 Å². The van der Waals surface area contributed by atoms with E-state index < -0.39 is 11.6 Å². The number of halogens is 2. The molecule has 134 valence electrons. The lowest BCUT2D eigenvalue weighted by Gasteiger charge is -2.10. The SMILES string of the molecule is Cc1ccc(-c2cnc(N)c(-c3nnnn3-c3cccc(F)c3F)c2)cc1. The van der Waals surface area contributed by atoms with Gasteiger partial charge in [-0.15, -0.1) is 5.10 Å². The van der Waals surface area contributed by atoms with E-state index in [4.69, 9.17) is 5.73 Å². The van der Waals surface area contributed by atoms with Crippen LogP contribution in [0.25, 0.3) is 28.2 Å². The first kappa shape index (κ1) is 16.8. The van der Waals surface area contributed by atoms with Crippen molar-refractivity contribution in [1.29, 1.82) is 0 Å². The number of hydrogen-bond donors (Lipinski definition) is 1. The second-order valence-electron chi connectivity index (χ2n) is 6.01. The highest BCUT2D eigenvalue weighted by Crippen LogP contribution is 2.30. The highest BCUT2D eigenvalue weighted by atomic mass is 19.2. The number of anilines is 1. The summed E-state index contributed by atoms with van der Waals surface area (Å²) in [5.74, 6) is -1.70. The molecule has 8 heteroatoms. The van der Waals surface area contributed by atoms with E-state index in [1.165, 1.54) is 12.1 Å². The van der Waals surface area contributed by atoms with Gasteiger partial charge in [-0.3, -0.25) is 0 Å². The van der Waals surface area contributed by atoms with E-state index in [-0.39, 0.29) is 17.3 Å². The smallest absolute Gasteiger partial charge is 0.190 e. The summed E-state index contributed by atoms with van der Waals surface area (Å²) in [6, 6.07) is 13.4. The first-order chi connectivity index (χ1) is 13.0. The first-order valence-corrected chi connectivity index (χ1v) is 8.10. The lowest BCUT2D eigenvalue weighted by atomic mass is 10.0. The van der Waals surface area contributed by atoms with E-state index in [9.17, 15) is 8.78 Å². The Morgan fingerprint density at radius 1 is 1.00 bits per heavy atom. The van der Waals surface area contributed by atoms with Crippen molar-refractivity contribution in [2.45, 2.75) is 6.92 Å². The normalized spacial score (nSPS) is 10.9. The highest BCUT2D eigenvalue weighted by Gasteiger charge is 2.19. The number of nitrogen functional groups attached to an aromatic ring is 1. The van der Waals surface area contributed by atoms with Crippen LogP contribution in [0.2, 0.25) is 0 Å². The molecule has 2 aromatic carbocycles. The second-order valence-corrected chi connectivity index (χ2v) is 6.01. The number of aryl methyl sites for hydroxylation is 1. The molecule has 0 atom stereocenters. The molecule has 0 aliphatic rings. The summed E-state index contributed by atoms with van der Waals surface area (Å²) in [4.78, 5) is 4.21. The van der Waals surface area contributed by atoms with Gasteiger partial charge in [0.15, 0.2) is 17.5 Å². The number of pyridine rings is 1. The summed E-state index contributed by atoms with van der Waals surface area (Å²) < 4.78 is 28.9. The van der Waals surface area contributed by atoms with Crippen LogP contribution in [-0.2, 0) is 0 Å². The molecule has 0 amide bonds. The first-order valence-electron chi connectivity index (χ1n) is 8.10. The van der Waals surface area contributed by atoms with E-state index in [1.807, 2.05) is 31.2 Å². The van der Waals surface area contributed by atoms with Gasteiger partial charge in [0, 0.05) is 11.8 Å². The van der Waals surface area contributed by atoms with Crippen molar-refractivity contribution in [2.75, 3.05) is 5.73 Å². The quantitative estimate of drug-likeness (QED) is 0.601. The molecule has 4 rings (SSSR count). The van der Waals surface area contributed by atoms with Crippen molar-refractivity contribution in [3.05, 3.63) is 71.9 Å². The van der Waals surface area contributed by atoms with Gasteiger partial charge in [-0.25, -0.2) is 13.8 Å². The molecule has 4 aromatic rings. The standard InChI is InChI=1S/C19H14F2N6/c1-11-5-7-12(8-6-11)13-9-14(18(22)23-10-13)19-24-25-26-27(19)16-4-2-3-15(20)17(16)21/h2-10H,1H3,(H2,22,23). The molecule has 27 heavy (non-hydrogen) atoms. The number of nitrogens with two attached hydrogens (primary N) is 1. The predicted molar refractivity (Wildman–Crippen MR) is 96.9 cm³/mol. The molecule has 0 unspecified atom stereocenters. The molecule has 0 saturated heterocycles. The van der Waals surface area contributed by atoms with Crippen LogP contribution >= 0.6 is 0 Å². The summed E-state index contributed by atoms with van der Waals surface area (Å²) >= 11 is 0. The Balaban J connectivity index is 1.86.